The minimum atomic E-state index is -0.767. The molecule has 1 fully saturated rings. The number of ketones is 1. The van der Waals surface area contributed by atoms with Crippen LogP contribution in [-0.4, -0.2) is 40.2 Å². The molecule has 0 spiro atoms. The van der Waals surface area contributed by atoms with E-state index in [1.807, 2.05) is 0 Å². The largest absolute Gasteiger partial charge is 0.444 e. The molecule has 0 saturated carbocycles. The summed E-state index contributed by atoms with van der Waals surface area (Å²) in [5.41, 5.74) is -0.577. The zero-order chi connectivity index (χ0) is 13.2. The average Bonchev–Trinajstić information content (AvgIpc) is 2.14. The summed E-state index contributed by atoms with van der Waals surface area (Å²) in [5.74, 6) is -0.900. The van der Waals surface area contributed by atoms with Crippen molar-refractivity contribution in [3.05, 3.63) is 0 Å². The van der Waals surface area contributed by atoms with Crippen molar-refractivity contribution in [2.24, 2.45) is 5.92 Å². The molecule has 1 saturated heterocycles. The fourth-order valence-corrected chi connectivity index (χ4v) is 1.92. The van der Waals surface area contributed by atoms with Gasteiger partial charge in [-0.1, -0.05) is 0 Å². The van der Waals surface area contributed by atoms with E-state index in [2.05, 4.69) is 15.9 Å². The Morgan fingerprint density at radius 1 is 1.41 bits per heavy atom. The van der Waals surface area contributed by atoms with Crippen LogP contribution in [0.15, 0.2) is 0 Å². The predicted molar refractivity (Wildman–Crippen MR) is 64.9 cm³/mol. The van der Waals surface area contributed by atoms with E-state index in [4.69, 9.17) is 4.74 Å². The highest BCUT2D eigenvalue weighted by atomic mass is 79.9. The molecule has 17 heavy (non-hydrogen) atoms. The Labute approximate surface area is 109 Å². The summed E-state index contributed by atoms with van der Waals surface area (Å²) < 4.78 is 4.81. The quantitative estimate of drug-likeness (QED) is 0.547. The molecular weight excluding hydrogens is 290 g/mol. The van der Waals surface area contributed by atoms with Crippen LogP contribution < -0.4 is 0 Å². The second-order valence-electron chi connectivity index (χ2n) is 5.00. The van der Waals surface area contributed by atoms with Gasteiger partial charge in [0, 0.05) is 19.5 Å². The maximum Gasteiger partial charge on any atom is 0.410 e. The fraction of sp³-hybridized carbons (Fsp3) is 0.727. The van der Waals surface area contributed by atoms with Crippen LogP contribution in [0.4, 0.5) is 4.79 Å². The molecule has 1 atom stereocenters. The first-order chi connectivity index (χ1) is 7.70. The van der Waals surface area contributed by atoms with Crippen LogP contribution in [0, 0.1) is 5.92 Å². The van der Waals surface area contributed by atoms with Crippen LogP contribution >= 0.6 is 15.9 Å². The molecule has 0 aliphatic carbocycles. The van der Waals surface area contributed by atoms with Gasteiger partial charge in [-0.2, -0.15) is 0 Å². The van der Waals surface area contributed by atoms with E-state index in [0.717, 1.165) is 0 Å². The summed E-state index contributed by atoms with van der Waals surface area (Å²) in [6, 6.07) is 0. The smallest absolute Gasteiger partial charge is 0.410 e. The topological polar surface area (TPSA) is 63.7 Å². The van der Waals surface area contributed by atoms with Gasteiger partial charge in [-0.05, 0) is 36.7 Å². The molecule has 1 unspecified atom stereocenters. The molecule has 1 aliphatic rings. The van der Waals surface area contributed by atoms with Crippen LogP contribution in [0.1, 0.15) is 27.2 Å². The molecule has 0 aromatic carbocycles. The maximum atomic E-state index is 11.8. The zero-order valence-electron chi connectivity index (χ0n) is 10.2. The fourth-order valence-electron chi connectivity index (χ4n) is 1.52. The molecule has 5 nitrogen and oxygen atoms in total. The number of halogens is 1. The maximum absolute atomic E-state index is 11.8. The Kier molecular flexibility index (Phi) is 4.30. The van der Waals surface area contributed by atoms with Crippen LogP contribution in [0.2, 0.25) is 0 Å². The van der Waals surface area contributed by atoms with E-state index in [1.165, 1.54) is 4.90 Å². The minimum absolute atomic E-state index is 0.0951. The van der Waals surface area contributed by atoms with E-state index >= 15 is 0 Å². The van der Waals surface area contributed by atoms with E-state index in [1.54, 1.807) is 20.8 Å². The number of ether oxygens (including phenoxy) is 1. The number of carbonyl (C=O) groups excluding carboxylic acids is 3. The molecule has 1 heterocycles. The molecule has 96 valence electrons. The first-order valence-corrected chi connectivity index (χ1v) is 6.20. The van der Waals surface area contributed by atoms with Crippen molar-refractivity contribution in [3.63, 3.8) is 0 Å². The Balaban J connectivity index is 2.65. The van der Waals surface area contributed by atoms with Crippen molar-refractivity contribution in [1.82, 2.24) is 4.90 Å². The van der Waals surface area contributed by atoms with Gasteiger partial charge in [0.2, 0.25) is 4.69 Å². The highest BCUT2D eigenvalue weighted by Crippen LogP contribution is 2.19. The van der Waals surface area contributed by atoms with Crippen molar-refractivity contribution >= 4 is 32.5 Å². The lowest BCUT2D eigenvalue weighted by molar-refractivity contribution is -0.131. The first-order valence-electron chi connectivity index (χ1n) is 5.40. The summed E-state index contributed by atoms with van der Waals surface area (Å²) in [6.07, 6.45) is -0.287. The number of hydrogen-bond donors (Lipinski definition) is 0. The third-order valence-corrected chi connectivity index (χ3v) is 2.90. The van der Waals surface area contributed by atoms with Crippen molar-refractivity contribution in [3.8, 4) is 0 Å². The molecular formula is C11H16BrNO4. The van der Waals surface area contributed by atoms with Gasteiger partial charge in [0.15, 0.2) is 0 Å². The summed E-state index contributed by atoms with van der Waals surface area (Å²) in [7, 11) is 0. The molecule has 1 aliphatic heterocycles. The Hall–Kier alpha value is -0.910. The molecule has 6 heteroatoms. The lowest BCUT2D eigenvalue weighted by Gasteiger charge is -2.32. The van der Waals surface area contributed by atoms with E-state index in [-0.39, 0.29) is 23.4 Å². The van der Waals surface area contributed by atoms with Crippen LogP contribution in [-0.2, 0) is 14.3 Å². The Morgan fingerprint density at radius 2 is 2.00 bits per heavy atom. The van der Waals surface area contributed by atoms with E-state index < -0.39 is 17.6 Å². The normalized spacial score (nSPS) is 21.3. The number of piperidine rings is 1. The molecule has 1 amide bonds. The molecule has 0 N–H and O–H groups in total. The lowest BCUT2D eigenvalue weighted by atomic mass is 9.98. The van der Waals surface area contributed by atoms with Crippen LogP contribution in [0.3, 0.4) is 0 Å². The molecule has 0 aromatic heterocycles. The van der Waals surface area contributed by atoms with Crippen molar-refractivity contribution in [1.29, 1.82) is 0 Å². The highest BCUT2D eigenvalue weighted by Gasteiger charge is 2.35. The molecule has 0 aromatic rings. The summed E-state index contributed by atoms with van der Waals surface area (Å²) in [4.78, 5) is 35.8. The highest BCUT2D eigenvalue weighted by molar-refractivity contribution is 9.18. The monoisotopic (exact) mass is 305 g/mol. The Morgan fingerprint density at radius 3 is 2.47 bits per heavy atom. The van der Waals surface area contributed by atoms with Gasteiger partial charge in [-0.15, -0.1) is 0 Å². The number of carbonyl (C=O) groups is 3. The van der Waals surface area contributed by atoms with Gasteiger partial charge in [0.1, 0.15) is 17.3 Å². The van der Waals surface area contributed by atoms with E-state index in [9.17, 15) is 14.4 Å². The van der Waals surface area contributed by atoms with Gasteiger partial charge in [0.05, 0.1) is 0 Å². The third-order valence-electron chi connectivity index (χ3n) is 2.35. The predicted octanol–water partition coefficient (Wildman–Crippen LogP) is 1.73. The number of rotatable bonds is 1. The van der Waals surface area contributed by atoms with Crippen molar-refractivity contribution in [2.45, 2.75) is 32.8 Å². The standard InChI is InChI=1S/C11H16BrNO4/c1-11(2,3)17-10(16)13-5-4-8(14)7(6-13)9(12)15/h7H,4-6H2,1-3H3. The third kappa shape index (κ3) is 4.11. The number of amides is 1. The van der Waals surface area contributed by atoms with Crippen LogP contribution in [0.5, 0.6) is 0 Å². The minimum Gasteiger partial charge on any atom is -0.444 e. The van der Waals surface area contributed by atoms with Crippen molar-refractivity contribution < 1.29 is 19.1 Å². The van der Waals surface area contributed by atoms with Crippen molar-refractivity contribution in [2.75, 3.05) is 13.1 Å². The average molecular weight is 306 g/mol. The molecule has 0 bridgehead atoms. The van der Waals surface area contributed by atoms with Crippen LogP contribution in [0.25, 0.3) is 0 Å². The lowest BCUT2D eigenvalue weighted by Crippen LogP contribution is -2.47. The second kappa shape index (κ2) is 5.16. The van der Waals surface area contributed by atoms with Gasteiger partial charge in [0.25, 0.3) is 0 Å². The number of Topliss-reactive ketones (excluding diaryl/α,β-unsaturated/α-hetero) is 1. The number of hydrogen-bond acceptors (Lipinski definition) is 4. The second-order valence-corrected chi connectivity index (χ2v) is 5.78. The SMILES string of the molecule is CC(C)(C)OC(=O)N1CCC(=O)C(C(=O)Br)C1. The van der Waals surface area contributed by atoms with Gasteiger partial charge in [-0.3, -0.25) is 9.59 Å². The van der Waals surface area contributed by atoms with Gasteiger partial charge < -0.3 is 9.64 Å². The van der Waals surface area contributed by atoms with Gasteiger partial charge in [-0.25, -0.2) is 4.79 Å². The summed E-state index contributed by atoms with van der Waals surface area (Å²) in [6.45, 7) is 5.72. The number of likely N-dealkylation sites (tertiary alicyclic amines) is 1. The number of nitrogens with zero attached hydrogens (tertiary/aromatic N) is 1. The van der Waals surface area contributed by atoms with Gasteiger partial charge >= 0.3 is 6.09 Å². The zero-order valence-corrected chi connectivity index (χ0v) is 11.7. The molecule has 0 radical (unpaired) electrons. The van der Waals surface area contributed by atoms with E-state index in [0.29, 0.717) is 6.54 Å². The molecule has 1 rings (SSSR count). The summed E-state index contributed by atoms with van der Waals surface area (Å²) >= 11 is 2.78. The summed E-state index contributed by atoms with van der Waals surface area (Å²) in [5, 5.41) is 0. The Bertz CT molecular complexity index is 348. The first kappa shape index (κ1) is 14.2.